The van der Waals surface area contributed by atoms with Crippen LogP contribution in [0.15, 0.2) is 18.2 Å². The van der Waals surface area contributed by atoms with Crippen molar-refractivity contribution in [2.75, 3.05) is 5.32 Å². The van der Waals surface area contributed by atoms with Crippen LogP contribution in [0.1, 0.15) is 39.7 Å². The summed E-state index contributed by atoms with van der Waals surface area (Å²) in [6.45, 7) is 7.16. The Morgan fingerprint density at radius 3 is 2.60 bits per heavy atom. The van der Waals surface area contributed by atoms with Crippen LogP contribution < -0.4 is 5.32 Å². The molecule has 1 aromatic rings. The highest BCUT2D eigenvalue weighted by Gasteiger charge is 2.16. The number of benzene rings is 1. The Morgan fingerprint density at radius 1 is 1.45 bits per heavy atom. The van der Waals surface area contributed by atoms with E-state index >= 15 is 0 Å². The Balaban J connectivity index is 2.65. The molecule has 0 aromatic heterocycles. The normalized spacial score (nSPS) is 12.9. The van der Waals surface area contributed by atoms with Gasteiger partial charge in [-0.05, 0) is 58.2 Å². The first kappa shape index (κ1) is 16.8. The maximum atomic E-state index is 11.6. The van der Waals surface area contributed by atoms with Crippen molar-refractivity contribution in [1.29, 1.82) is 0 Å². The number of halogens is 1. The topological polar surface area (TPSA) is 58.6 Å². The van der Waals surface area contributed by atoms with Gasteiger partial charge in [0, 0.05) is 10.7 Å². The molecule has 4 nitrogen and oxygen atoms in total. The molecule has 1 aromatic carbocycles. The van der Waals surface area contributed by atoms with Crippen molar-refractivity contribution >= 4 is 23.4 Å². The summed E-state index contributed by atoms with van der Waals surface area (Å²) < 4.78 is 5.16. The number of anilines is 1. The molecular formula is C15H22ClNO3. The Hall–Kier alpha value is -1.26. The number of nitrogens with one attached hydrogen (secondary N) is 1. The summed E-state index contributed by atoms with van der Waals surface area (Å²) in [5.74, 6) is 0. The fraction of sp³-hybridized carbons (Fsp3) is 0.533. The van der Waals surface area contributed by atoms with Crippen molar-refractivity contribution in [3.05, 3.63) is 28.8 Å². The van der Waals surface area contributed by atoms with Gasteiger partial charge in [-0.15, -0.1) is 0 Å². The zero-order valence-corrected chi connectivity index (χ0v) is 13.1. The van der Waals surface area contributed by atoms with E-state index in [1.807, 2.05) is 6.07 Å². The summed E-state index contributed by atoms with van der Waals surface area (Å²) in [6, 6.07) is 5.30. The molecule has 0 fully saturated rings. The summed E-state index contributed by atoms with van der Waals surface area (Å²) in [5.41, 5.74) is 0.998. The van der Waals surface area contributed by atoms with Crippen LogP contribution in [-0.4, -0.2) is 22.9 Å². The van der Waals surface area contributed by atoms with Crippen LogP contribution in [0.2, 0.25) is 5.02 Å². The van der Waals surface area contributed by atoms with Gasteiger partial charge in [-0.1, -0.05) is 17.7 Å². The quantitative estimate of drug-likeness (QED) is 0.883. The molecule has 0 saturated heterocycles. The molecule has 1 rings (SSSR count). The van der Waals surface area contributed by atoms with Gasteiger partial charge in [0.2, 0.25) is 0 Å². The molecule has 1 atom stereocenters. The largest absolute Gasteiger partial charge is 0.444 e. The minimum atomic E-state index is -0.537. The number of rotatable bonds is 4. The first-order valence-corrected chi connectivity index (χ1v) is 7.01. The number of amides is 1. The van der Waals surface area contributed by atoms with Gasteiger partial charge >= 0.3 is 6.09 Å². The van der Waals surface area contributed by atoms with E-state index < -0.39 is 11.7 Å². The summed E-state index contributed by atoms with van der Waals surface area (Å²) >= 11 is 6.16. The smallest absolute Gasteiger partial charge is 0.412 e. The number of aryl methyl sites for hydroxylation is 1. The first-order valence-electron chi connectivity index (χ1n) is 6.64. The van der Waals surface area contributed by atoms with Crippen molar-refractivity contribution in [3.63, 3.8) is 0 Å². The number of carbonyl (C=O) groups is 1. The van der Waals surface area contributed by atoms with Crippen LogP contribution in [0, 0.1) is 0 Å². The van der Waals surface area contributed by atoms with E-state index in [9.17, 15) is 9.90 Å². The predicted molar refractivity (Wildman–Crippen MR) is 81.3 cm³/mol. The second-order valence-corrected chi connectivity index (χ2v) is 6.23. The van der Waals surface area contributed by atoms with E-state index in [0.717, 1.165) is 5.56 Å². The van der Waals surface area contributed by atoms with Crippen molar-refractivity contribution in [2.24, 2.45) is 0 Å². The molecule has 0 radical (unpaired) electrons. The lowest BCUT2D eigenvalue weighted by Gasteiger charge is -2.19. The Morgan fingerprint density at radius 2 is 2.10 bits per heavy atom. The number of aliphatic hydroxyl groups is 1. The standard InChI is InChI=1S/C15H22ClNO3/c1-10(18)5-6-11-7-8-12(9-13(11)16)17-14(19)20-15(2,3)4/h7-10,18H,5-6H2,1-4H3,(H,17,19)/t10-/m1/s1. The second kappa shape index (κ2) is 6.95. The van der Waals surface area contributed by atoms with E-state index in [-0.39, 0.29) is 6.10 Å². The van der Waals surface area contributed by atoms with Crippen LogP contribution in [0.25, 0.3) is 0 Å². The average molecular weight is 300 g/mol. The van der Waals surface area contributed by atoms with Crippen LogP contribution in [-0.2, 0) is 11.2 Å². The predicted octanol–water partition coefficient (Wildman–Crippen LogP) is 4.00. The fourth-order valence-corrected chi connectivity index (χ4v) is 1.89. The van der Waals surface area contributed by atoms with Crippen LogP contribution in [0.4, 0.5) is 10.5 Å². The molecule has 5 heteroatoms. The SMILES string of the molecule is C[C@@H](O)CCc1ccc(NC(=O)OC(C)(C)C)cc1Cl. The third-order valence-electron chi connectivity index (χ3n) is 2.53. The van der Waals surface area contributed by atoms with Gasteiger partial charge in [-0.25, -0.2) is 4.79 Å². The van der Waals surface area contributed by atoms with Crippen molar-refractivity contribution in [3.8, 4) is 0 Å². The zero-order chi connectivity index (χ0) is 15.3. The van der Waals surface area contributed by atoms with Gasteiger partial charge in [0.05, 0.1) is 6.10 Å². The Bertz CT molecular complexity index is 467. The van der Waals surface area contributed by atoms with E-state index in [0.29, 0.717) is 23.6 Å². The number of hydrogen-bond donors (Lipinski definition) is 2. The van der Waals surface area contributed by atoms with Crippen molar-refractivity contribution < 1.29 is 14.6 Å². The molecule has 0 saturated carbocycles. The summed E-state index contributed by atoms with van der Waals surface area (Å²) in [5, 5.41) is 12.5. The number of hydrogen-bond acceptors (Lipinski definition) is 3. The molecule has 20 heavy (non-hydrogen) atoms. The Kier molecular flexibility index (Phi) is 5.84. The number of ether oxygens (including phenoxy) is 1. The van der Waals surface area contributed by atoms with Gasteiger partial charge < -0.3 is 9.84 Å². The summed E-state index contributed by atoms with van der Waals surface area (Å²) in [6.07, 6.45) is 0.484. The van der Waals surface area contributed by atoms with Crippen LogP contribution in [0.3, 0.4) is 0 Å². The maximum Gasteiger partial charge on any atom is 0.412 e. The van der Waals surface area contributed by atoms with Crippen LogP contribution >= 0.6 is 11.6 Å². The lowest BCUT2D eigenvalue weighted by molar-refractivity contribution is 0.0636. The van der Waals surface area contributed by atoms with E-state index in [1.54, 1.807) is 39.8 Å². The molecular weight excluding hydrogens is 278 g/mol. The van der Waals surface area contributed by atoms with E-state index in [4.69, 9.17) is 16.3 Å². The molecule has 1 amide bonds. The highest BCUT2D eigenvalue weighted by Crippen LogP contribution is 2.23. The summed E-state index contributed by atoms with van der Waals surface area (Å²) in [7, 11) is 0. The van der Waals surface area contributed by atoms with E-state index in [2.05, 4.69) is 5.32 Å². The number of aliphatic hydroxyl groups excluding tert-OH is 1. The third-order valence-corrected chi connectivity index (χ3v) is 2.88. The van der Waals surface area contributed by atoms with Crippen LogP contribution in [0.5, 0.6) is 0 Å². The lowest BCUT2D eigenvalue weighted by atomic mass is 10.1. The summed E-state index contributed by atoms with van der Waals surface area (Å²) in [4.78, 5) is 11.6. The van der Waals surface area contributed by atoms with Gasteiger partial charge in [0.15, 0.2) is 0 Å². The molecule has 0 aliphatic carbocycles. The van der Waals surface area contributed by atoms with Gasteiger partial charge in [-0.2, -0.15) is 0 Å². The first-order chi connectivity index (χ1) is 9.17. The minimum absolute atomic E-state index is 0.356. The van der Waals surface area contributed by atoms with E-state index in [1.165, 1.54) is 0 Å². The monoisotopic (exact) mass is 299 g/mol. The molecule has 0 heterocycles. The minimum Gasteiger partial charge on any atom is -0.444 e. The highest BCUT2D eigenvalue weighted by molar-refractivity contribution is 6.31. The second-order valence-electron chi connectivity index (χ2n) is 5.82. The molecule has 2 N–H and O–H groups in total. The molecule has 112 valence electrons. The molecule has 0 unspecified atom stereocenters. The highest BCUT2D eigenvalue weighted by atomic mass is 35.5. The average Bonchev–Trinajstić information content (AvgIpc) is 2.24. The molecule has 0 bridgehead atoms. The zero-order valence-electron chi connectivity index (χ0n) is 12.4. The molecule has 0 aliphatic heterocycles. The van der Waals surface area contributed by atoms with Gasteiger partial charge in [0.25, 0.3) is 0 Å². The molecule has 0 spiro atoms. The lowest BCUT2D eigenvalue weighted by Crippen LogP contribution is -2.27. The van der Waals surface area contributed by atoms with Crippen molar-refractivity contribution in [2.45, 2.75) is 52.2 Å². The number of carbonyl (C=O) groups excluding carboxylic acids is 1. The Labute approximate surface area is 125 Å². The van der Waals surface area contributed by atoms with Crippen molar-refractivity contribution in [1.82, 2.24) is 0 Å². The third kappa shape index (κ3) is 6.26. The maximum absolute atomic E-state index is 11.6. The van der Waals surface area contributed by atoms with Gasteiger partial charge in [0.1, 0.15) is 5.60 Å². The van der Waals surface area contributed by atoms with Gasteiger partial charge in [-0.3, -0.25) is 5.32 Å². The fourth-order valence-electron chi connectivity index (χ4n) is 1.61. The molecule has 0 aliphatic rings.